The summed E-state index contributed by atoms with van der Waals surface area (Å²) in [5.41, 5.74) is 1.49. The predicted molar refractivity (Wildman–Crippen MR) is 95.1 cm³/mol. The zero-order valence-electron chi connectivity index (χ0n) is 13.6. The van der Waals surface area contributed by atoms with Crippen LogP contribution in [-0.4, -0.2) is 26.9 Å². The quantitative estimate of drug-likeness (QED) is 0.548. The maximum Gasteiger partial charge on any atom is 0.336 e. The highest BCUT2D eigenvalue weighted by Crippen LogP contribution is 2.28. The Morgan fingerprint density at radius 1 is 1.15 bits per heavy atom. The highest BCUT2D eigenvalue weighted by Gasteiger charge is 2.15. The van der Waals surface area contributed by atoms with Crippen LogP contribution in [0.4, 0.5) is 11.4 Å². The van der Waals surface area contributed by atoms with E-state index in [9.17, 15) is 24.8 Å². The lowest BCUT2D eigenvalue weighted by molar-refractivity contribution is -0.384. The number of carbonyl (C=O) groups excluding carboxylic acids is 1. The first-order valence-corrected chi connectivity index (χ1v) is 7.55. The molecule has 8 nitrogen and oxygen atoms in total. The number of hydrogen-bond acceptors (Lipinski definition) is 5. The van der Waals surface area contributed by atoms with E-state index in [4.69, 9.17) is 0 Å². The molecule has 0 saturated heterocycles. The van der Waals surface area contributed by atoms with Crippen molar-refractivity contribution in [3.05, 3.63) is 64.2 Å². The Labute approximate surface area is 147 Å². The van der Waals surface area contributed by atoms with E-state index in [0.717, 1.165) is 0 Å². The van der Waals surface area contributed by atoms with Crippen molar-refractivity contribution < 1.29 is 19.6 Å². The maximum atomic E-state index is 11.7. The number of rotatable bonds is 4. The Hall–Kier alpha value is -3.81. The molecule has 0 unspecified atom stereocenters. The van der Waals surface area contributed by atoms with E-state index in [0.29, 0.717) is 27.8 Å². The van der Waals surface area contributed by atoms with Crippen LogP contribution in [-0.2, 0) is 4.79 Å². The Kier molecular flexibility index (Phi) is 4.32. The maximum absolute atomic E-state index is 11.7. The summed E-state index contributed by atoms with van der Waals surface area (Å²) in [6.45, 7) is 1.35. The molecule has 0 bridgehead atoms. The second-order valence-electron chi connectivity index (χ2n) is 5.58. The standard InChI is InChI=1S/C18H13N3O5/c1-10(22)19-12-5-6-16-14(8-12)15(18(23)24)9-17(20-16)11-3-2-4-13(7-11)21(25)26/h2-9H,1H3,(H,19,22)(H,23,24). The van der Waals surface area contributed by atoms with Gasteiger partial charge >= 0.3 is 5.97 Å². The molecule has 0 atom stereocenters. The summed E-state index contributed by atoms with van der Waals surface area (Å²) >= 11 is 0. The number of carboxylic acid groups (broad SMARTS) is 1. The number of anilines is 1. The lowest BCUT2D eigenvalue weighted by Gasteiger charge is -2.09. The van der Waals surface area contributed by atoms with Gasteiger partial charge in [0.2, 0.25) is 5.91 Å². The van der Waals surface area contributed by atoms with E-state index in [1.165, 1.54) is 37.3 Å². The molecule has 8 heteroatoms. The summed E-state index contributed by atoms with van der Waals surface area (Å²) in [7, 11) is 0. The Bertz CT molecular complexity index is 1060. The number of fused-ring (bicyclic) bond motifs is 1. The normalized spacial score (nSPS) is 10.5. The van der Waals surface area contributed by atoms with Gasteiger partial charge in [0.1, 0.15) is 0 Å². The minimum Gasteiger partial charge on any atom is -0.478 e. The first kappa shape index (κ1) is 17.0. The zero-order valence-corrected chi connectivity index (χ0v) is 13.6. The number of carboxylic acids is 1. The van der Waals surface area contributed by atoms with Gasteiger partial charge in [0.25, 0.3) is 5.69 Å². The number of pyridine rings is 1. The van der Waals surface area contributed by atoms with Crippen LogP contribution in [0.25, 0.3) is 22.2 Å². The van der Waals surface area contributed by atoms with E-state index in [1.807, 2.05) is 0 Å². The number of carbonyl (C=O) groups is 2. The van der Waals surface area contributed by atoms with Gasteiger partial charge in [-0.25, -0.2) is 9.78 Å². The van der Waals surface area contributed by atoms with E-state index < -0.39 is 10.9 Å². The molecule has 0 fully saturated rings. The topological polar surface area (TPSA) is 122 Å². The summed E-state index contributed by atoms with van der Waals surface area (Å²) in [5.74, 6) is -1.44. The fourth-order valence-electron chi connectivity index (χ4n) is 2.61. The van der Waals surface area contributed by atoms with Crippen molar-refractivity contribution in [3.8, 4) is 11.3 Å². The van der Waals surface area contributed by atoms with Crippen LogP contribution in [0, 0.1) is 10.1 Å². The molecule has 0 aliphatic rings. The lowest BCUT2D eigenvalue weighted by Crippen LogP contribution is -2.06. The van der Waals surface area contributed by atoms with Crippen LogP contribution >= 0.6 is 0 Å². The molecule has 1 heterocycles. The minimum atomic E-state index is -1.16. The molecular weight excluding hydrogens is 338 g/mol. The molecular formula is C18H13N3O5. The summed E-state index contributed by atoms with van der Waals surface area (Å²) < 4.78 is 0. The summed E-state index contributed by atoms with van der Waals surface area (Å²) in [5, 5.41) is 23.5. The van der Waals surface area contributed by atoms with Gasteiger partial charge in [-0.1, -0.05) is 12.1 Å². The number of non-ortho nitro benzene ring substituents is 1. The molecule has 1 amide bonds. The highest BCUT2D eigenvalue weighted by atomic mass is 16.6. The van der Waals surface area contributed by atoms with Crippen molar-refractivity contribution in [3.63, 3.8) is 0 Å². The molecule has 2 N–H and O–H groups in total. The monoisotopic (exact) mass is 351 g/mol. The van der Waals surface area contributed by atoms with Crippen LogP contribution in [0.2, 0.25) is 0 Å². The summed E-state index contributed by atoms with van der Waals surface area (Å²) in [4.78, 5) is 37.7. The minimum absolute atomic E-state index is 0.0105. The van der Waals surface area contributed by atoms with Crippen LogP contribution in [0.5, 0.6) is 0 Å². The van der Waals surface area contributed by atoms with Crippen LogP contribution in [0.3, 0.4) is 0 Å². The number of nitrogens with one attached hydrogen (secondary N) is 1. The molecule has 26 heavy (non-hydrogen) atoms. The summed E-state index contributed by atoms with van der Waals surface area (Å²) in [6.07, 6.45) is 0. The predicted octanol–water partition coefficient (Wildman–Crippen LogP) is 3.47. The Balaban J connectivity index is 2.20. The molecule has 130 valence electrons. The molecule has 3 rings (SSSR count). The first-order chi connectivity index (χ1) is 12.3. The van der Waals surface area contributed by atoms with Gasteiger partial charge in [-0.05, 0) is 24.3 Å². The molecule has 0 radical (unpaired) electrons. The van der Waals surface area contributed by atoms with Crippen LogP contribution in [0.1, 0.15) is 17.3 Å². The van der Waals surface area contributed by atoms with Gasteiger partial charge in [0.05, 0.1) is 21.7 Å². The highest BCUT2D eigenvalue weighted by molar-refractivity contribution is 6.05. The Morgan fingerprint density at radius 2 is 1.92 bits per heavy atom. The van der Waals surface area contributed by atoms with Crippen molar-refractivity contribution in [2.75, 3.05) is 5.32 Å². The molecule has 2 aromatic carbocycles. The Morgan fingerprint density at radius 3 is 2.58 bits per heavy atom. The van der Waals surface area contributed by atoms with E-state index in [2.05, 4.69) is 10.3 Å². The average molecular weight is 351 g/mol. The number of hydrogen-bond donors (Lipinski definition) is 2. The largest absolute Gasteiger partial charge is 0.478 e. The third-order valence-electron chi connectivity index (χ3n) is 3.71. The lowest BCUT2D eigenvalue weighted by atomic mass is 10.0. The summed E-state index contributed by atoms with van der Waals surface area (Å²) in [6, 6.07) is 11.9. The smallest absolute Gasteiger partial charge is 0.336 e. The van der Waals surface area contributed by atoms with Gasteiger partial charge in [-0.2, -0.15) is 0 Å². The van der Waals surface area contributed by atoms with Gasteiger partial charge in [-0.15, -0.1) is 0 Å². The van der Waals surface area contributed by atoms with Crippen LogP contribution < -0.4 is 5.32 Å². The SMILES string of the molecule is CC(=O)Nc1ccc2nc(-c3cccc([N+](=O)[O-])c3)cc(C(=O)O)c2c1. The van der Waals surface area contributed by atoms with Crippen LogP contribution in [0.15, 0.2) is 48.5 Å². The van der Waals surface area contributed by atoms with E-state index in [-0.39, 0.29) is 17.2 Å². The van der Waals surface area contributed by atoms with E-state index in [1.54, 1.807) is 18.2 Å². The average Bonchev–Trinajstić information content (AvgIpc) is 2.60. The fraction of sp³-hybridized carbons (Fsp3) is 0.0556. The van der Waals surface area contributed by atoms with Gasteiger partial charge in [0.15, 0.2) is 0 Å². The number of aromatic nitrogens is 1. The van der Waals surface area contributed by atoms with Crippen molar-refractivity contribution in [1.29, 1.82) is 0 Å². The molecule has 3 aromatic rings. The number of benzene rings is 2. The van der Waals surface area contributed by atoms with E-state index >= 15 is 0 Å². The number of nitrogens with zero attached hydrogens (tertiary/aromatic N) is 2. The van der Waals surface area contributed by atoms with Crippen molar-refractivity contribution in [1.82, 2.24) is 4.98 Å². The number of amides is 1. The second kappa shape index (κ2) is 6.60. The van der Waals surface area contributed by atoms with Crippen molar-refractivity contribution in [2.24, 2.45) is 0 Å². The molecule has 0 aliphatic heterocycles. The third kappa shape index (κ3) is 3.34. The zero-order chi connectivity index (χ0) is 18.8. The number of aromatic carboxylic acids is 1. The molecule has 1 aromatic heterocycles. The van der Waals surface area contributed by atoms with Gasteiger partial charge in [0, 0.05) is 35.7 Å². The number of nitro groups is 1. The van der Waals surface area contributed by atoms with Gasteiger partial charge < -0.3 is 10.4 Å². The molecule has 0 spiro atoms. The number of nitro benzene ring substituents is 1. The first-order valence-electron chi connectivity index (χ1n) is 7.55. The van der Waals surface area contributed by atoms with Crippen molar-refractivity contribution in [2.45, 2.75) is 6.92 Å². The second-order valence-corrected chi connectivity index (χ2v) is 5.58. The van der Waals surface area contributed by atoms with Gasteiger partial charge in [-0.3, -0.25) is 14.9 Å². The van der Waals surface area contributed by atoms with Crippen molar-refractivity contribution >= 4 is 34.2 Å². The third-order valence-corrected chi connectivity index (χ3v) is 3.71. The molecule has 0 aliphatic carbocycles. The molecule has 0 saturated carbocycles. The fourth-order valence-corrected chi connectivity index (χ4v) is 2.61.